The summed E-state index contributed by atoms with van der Waals surface area (Å²) in [5.74, 6) is 2.44. The number of anilines is 1. The van der Waals surface area contributed by atoms with E-state index >= 15 is 0 Å². The fraction of sp³-hybridized carbons (Fsp3) is 0.176. The van der Waals surface area contributed by atoms with Crippen molar-refractivity contribution < 1.29 is 18.9 Å². The molecule has 25 heavy (non-hydrogen) atoms. The molecule has 0 radical (unpaired) electrons. The molecule has 2 heterocycles. The molecule has 0 spiro atoms. The van der Waals surface area contributed by atoms with Gasteiger partial charge in [-0.05, 0) is 24.3 Å². The maximum atomic E-state index is 6.16. The molecule has 0 atom stereocenters. The molecular formula is C17H16N4O4. The largest absolute Gasteiger partial charge is 0.497 e. The van der Waals surface area contributed by atoms with E-state index in [4.69, 9.17) is 24.7 Å². The molecular weight excluding hydrogens is 324 g/mol. The smallest absolute Gasteiger partial charge is 0.231 e. The number of benzene rings is 2. The summed E-state index contributed by atoms with van der Waals surface area (Å²) >= 11 is 0. The van der Waals surface area contributed by atoms with Crippen molar-refractivity contribution in [3.8, 4) is 45.5 Å². The SMILES string of the molecule is COc1ccc(-c2[nH]nnc2-c2cc(OC)c3c(c2)OCO3)c(N)c1. The van der Waals surface area contributed by atoms with Crippen LogP contribution in [0.4, 0.5) is 5.69 Å². The molecule has 0 bridgehead atoms. The van der Waals surface area contributed by atoms with Crippen LogP contribution in [-0.2, 0) is 0 Å². The van der Waals surface area contributed by atoms with E-state index < -0.39 is 0 Å². The predicted molar refractivity (Wildman–Crippen MR) is 90.9 cm³/mol. The number of hydrogen-bond donors (Lipinski definition) is 2. The van der Waals surface area contributed by atoms with Crippen molar-refractivity contribution in [2.24, 2.45) is 0 Å². The number of hydrogen-bond acceptors (Lipinski definition) is 7. The average Bonchev–Trinajstić information content (AvgIpc) is 3.29. The summed E-state index contributed by atoms with van der Waals surface area (Å²) in [6, 6.07) is 9.11. The Morgan fingerprint density at radius 2 is 2.00 bits per heavy atom. The highest BCUT2D eigenvalue weighted by atomic mass is 16.7. The molecule has 0 fully saturated rings. The first-order valence-electron chi connectivity index (χ1n) is 7.54. The molecule has 1 aliphatic heterocycles. The molecule has 3 aromatic rings. The van der Waals surface area contributed by atoms with Crippen LogP contribution in [0.2, 0.25) is 0 Å². The lowest BCUT2D eigenvalue weighted by Gasteiger charge is -2.10. The lowest BCUT2D eigenvalue weighted by atomic mass is 10.0. The van der Waals surface area contributed by atoms with Crippen LogP contribution in [0.3, 0.4) is 0 Å². The van der Waals surface area contributed by atoms with E-state index in [2.05, 4.69) is 15.4 Å². The Labute approximate surface area is 143 Å². The fourth-order valence-electron chi connectivity index (χ4n) is 2.78. The molecule has 0 amide bonds. The second-order valence-electron chi connectivity index (χ2n) is 5.40. The molecule has 0 unspecified atom stereocenters. The normalized spacial score (nSPS) is 12.2. The van der Waals surface area contributed by atoms with Crippen LogP contribution in [0, 0.1) is 0 Å². The number of rotatable bonds is 4. The monoisotopic (exact) mass is 340 g/mol. The first-order chi connectivity index (χ1) is 12.2. The molecule has 8 heteroatoms. The zero-order valence-corrected chi connectivity index (χ0v) is 13.7. The van der Waals surface area contributed by atoms with E-state index in [0.29, 0.717) is 40.1 Å². The minimum absolute atomic E-state index is 0.159. The molecule has 128 valence electrons. The highest BCUT2D eigenvalue weighted by Gasteiger charge is 2.23. The molecule has 4 rings (SSSR count). The Morgan fingerprint density at radius 1 is 1.12 bits per heavy atom. The summed E-state index contributed by atoms with van der Waals surface area (Å²) in [4.78, 5) is 0. The topological polar surface area (TPSA) is 105 Å². The van der Waals surface area contributed by atoms with Crippen LogP contribution < -0.4 is 24.7 Å². The van der Waals surface area contributed by atoms with Gasteiger partial charge in [-0.2, -0.15) is 0 Å². The van der Waals surface area contributed by atoms with Gasteiger partial charge in [0, 0.05) is 22.9 Å². The zero-order chi connectivity index (χ0) is 17.4. The van der Waals surface area contributed by atoms with Gasteiger partial charge in [0.1, 0.15) is 11.4 Å². The summed E-state index contributed by atoms with van der Waals surface area (Å²) in [7, 11) is 3.17. The Balaban J connectivity index is 1.83. The first-order valence-corrected chi connectivity index (χ1v) is 7.54. The maximum Gasteiger partial charge on any atom is 0.231 e. The molecule has 1 aliphatic rings. The van der Waals surface area contributed by atoms with E-state index in [9.17, 15) is 0 Å². The molecule has 0 aliphatic carbocycles. The van der Waals surface area contributed by atoms with Gasteiger partial charge in [-0.15, -0.1) is 5.10 Å². The second kappa shape index (κ2) is 5.90. The summed E-state index contributed by atoms with van der Waals surface area (Å²) in [5.41, 5.74) is 9.59. The van der Waals surface area contributed by atoms with Crippen LogP contribution in [0.25, 0.3) is 22.5 Å². The lowest BCUT2D eigenvalue weighted by Crippen LogP contribution is -1.94. The van der Waals surface area contributed by atoms with Gasteiger partial charge in [-0.25, -0.2) is 0 Å². The van der Waals surface area contributed by atoms with E-state index in [0.717, 1.165) is 11.1 Å². The van der Waals surface area contributed by atoms with E-state index in [-0.39, 0.29) is 6.79 Å². The quantitative estimate of drug-likeness (QED) is 0.703. The minimum atomic E-state index is 0.159. The third-order valence-electron chi connectivity index (χ3n) is 4.01. The predicted octanol–water partition coefficient (Wildman–Crippen LogP) is 2.47. The van der Waals surface area contributed by atoms with E-state index in [1.165, 1.54) is 0 Å². The first kappa shape index (κ1) is 15.1. The molecule has 3 N–H and O–H groups in total. The average molecular weight is 340 g/mol. The van der Waals surface area contributed by atoms with Crippen molar-refractivity contribution in [2.45, 2.75) is 0 Å². The Kier molecular flexibility index (Phi) is 3.57. The third-order valence-corrected chi connectivity index (χ3v) is 4.01. The highest BCUT2D eigenvalue weighted by Crippen LogP contribution is 2.45. The number of ether oxygens (including phenoxy) is 4. The maximum absolute atomic E-state index is 6.16. The standard InChI is InChI=1S/C17H16N4O4/c1-22-10-3-4-11(12(18)7-10)16-15(19-21-20-16)9-5-13(23-2)17-14(6-9)24-8-25-17/h3-7H,8,18H2,1-2H3,(H,19,20,21). The number of nitrogens with two attached hydrogens (primary N) is 1. The van der Waals surface area contributed by atoms with Crippen molar-refractivity contribution in [3.63, 3.8) is 0 Å². The third kappa shape index (κ3) is 2.47. The van der Waals surface area contributed by atoms with Gasteiger partial charge in [0.15, 0.2) is 11.5 Å². The number of nitrogen functional groups attached to an aromatic ring is 1. The van der Waals surface area contributed by atoms with Crippen LogP contribution in [0.15, 0.2) is 30.3 Å². The van der Waals surface area contributed by atoms with Gasteiger partial charge >= 0.3 is 0 Å². The van der Waals surface area contributed by atoms with Gasteiger partial charge in [-0.3, -0.25) is 5.10 Å². The minimum Gasteiger partial charge on any atom is -0.497 e. The number of nitrogens with zero attached hydrogens (tertiary/aromatic N) is 2. The molecule has 8 nitrogen and oxygen atoms in total. The molecule has 0 saturated heterocycles. The molecule has 2 aromatic carbocycles. The highest BCUT2D eigenvalue weighted by molar-refractivity contribution is 5.85. The number of methoxy groups -OCH3 is 2. The van der Waals surface area contributed by atoms with Crippen molar-refractivity contribution in [1.82, 2.24) is 15.4 Å². The molecule has 0 saturated carbocycles. The summed E-state index contributed by atoms with van der Waals surface area (Å²) in [5, 5.41) is 11.0. The Hall–Kier alpha value is -3.42. The number of fused-ring (bicyclic) bond motifs is 1. The van der Waals surface area contributed by atoms with Crippen molar-refractivity contribution >= 4 is 5.69 Å². The lowest BCUT2D eigenvalue weighted by molar-refractivity contribution is 0.171. The van der Waals surface area contributed by atoms with Crippen molar-refractivity contribution in [3.05, 3.63) is 30.3 Å². The number of nitrogens with one attached hydrogen (secondary N) is 1. The van der Waals surface area contributed by atoms with Crippen LogP contribution in [0.1, 0.15) is 0 Å². The van der Waals surface area contributed by atoms with E-state index in [1.807, 2.05) is 24.3 Å². The second-order valence-corrected chi connectivity index (χ2v) is 5.40. The van der Waals surface area contributed by atoms with Gasteiger partial charge in [-0.1, -0.05) is 5.21 Å². The molecule has 1 aromatic heterocycles. The van der Waals surface area contributed by atoms with Crippen LogP contribution in [0.5, 0.6) is 23.0 Å². The number of aromatic amines is 1. The fourth-order valence-corrected chi connectivity index (χ4v) is 2.78. The van der Waals surface area contributed by atoms with Gasteiger partial charge < -0.3 is 24.7 Å². The summed E-state index contributed by atoms with van der Waals surface area (Å²) in [6.07, 6.45) is 0. The summed E-state index contributed by atoms with van der Waals surface area (Å²) in [6.45, 7) is 0.159. The van der Waals surface area contributed by atoms with E-state index in [1.54, 1.807) is 20.3 Å². The van der Waals surface area contributed by atoms with Gasteiger partial charge in [0.2, 0.25) is 12.5 Å². The van der Waals surface area contributed by atoms with Crippen LogP contribution >= 0.6 is 0 Å². The van der Waals surface area contributed by atoms with Gasteiger partial charge in [0.05, 0.1) is 19.9 Å². The van der Waals surface area contributed by atoms with Crippen molar-refractivity contribution in [2.75, 3.05) is 26.7 Å². The Morgan fingerprint density at radius 3 is 2.76 bits per heavy atom. The van der Waals surface area contributed by atoms with Crippen molar-refractivity contribution in [1.29, 1.82) is 0 Å². The summed E-state index contributed by atoms with van der Waals surface area (Å²) < 4.78 is 21.5. The van der Waals surface area contributed by atoms with Gasteiger partial charge in [0.25, 0.3) is 0 Å². The zero-order valence-electron chi connectivity index (χ0n) is 13.7. The Bertz CT molecular complexity index is 938. The number of aromatic nitrogens is 3. The van der Waals surface area contributed by atoms with Crippen LogP contribution in [-0.4, -0.2) is 36.4 Å². The number of H-pyrrole nitrogens is 1.